The highest BCUT2D eigenvalue weighted by Gasteiger charge is 2.23. The third-order valence-corrected chi connectivity index (χ3v) is 4.35. The van der Waals surface area contributed by atoms with Gasteiger partial charge in [-0.1, -0.05) is 29.3 Å². The first-order valence-corrected chi connectivity index (χ1v) is 7.76. The number of hydrogen-bond acceptors (Lipinski definition) is 3. The average molecular weight is 341 g/mol. The molecule has 1 aliphatic heterocycles. The molecule has 22 heavy (non-hydrogen) atoms. The van der Waals surface area contributed by atoms with Gasteiger partial charge in [0.25, 0.3) is 0 Å². The zero-order chi connectivity index (χ0) is 15.5. The van der Waals surface area contributed by atoms with Gasteiger partial charge in [0.1, 0.15) is 5.82 Å². The molecule has 3 rings (SSSR count). The van der Waals surface area contributed by atoms with E-state index in [1.54, 1.807) is 24.5 Å². The summed E-state index contributed by atoms with van der Waals surface area (Å²) in [5.41, 5.74) is 1.92. The molecule has 1 aromatic heterocycles. The van der Waals surface area contributed by atoms with Crippen LogP contribution in [-0.4, -0.2) is 29.6 Å². The summed E-state index contributed by atoms with van der Waals surface area (Å²) in [4.78, 5) is 6.25. The van der Waals surface area contributed by atoms with Crippen molar-refractivity contribution in [1.82, 2.24) is 9.88 Å². The molecule has 1 saturated heterocycles. The van der Waals surface area contributed by atoms with Crippen molar-refractivity contribution in [1.29, 1.82) is 0 Å². The topological polar surface area (TPSA) is 25.4 Å². The van der Waals surface area contributed by atoms with Crippen molar-refractivity contribution in [2.24, 2.45) is 0 Å². The maximum absolute atomic E-state index is 13.3. The summed E-state index contributed by atoms with van der Waals surface area (Å²) in [7, 11) is 0. The Morgan fingerprint density at radius 1 is 1.27 bits per heavy atom. The smallest absolute Gasteiger partial charge is 0.141 e. The molecule has 2 aromatic rings. The molecule has 2 heterocycles. The first kappa shape index (κ1) is 15.7. The monoisotopic (exact) mass is 340 g/mol. The Morgan fingerprint density at radius 2 is 2.14 bits per heavy atom. The van der Waals surface area contributed by atoms with E-state index in [1.165, 1.54) is 6.07 Å². The van der Waals surface area contributed by atoms with Gasteiger partial charge in [0.2, 0.25) is 0 Å². The second-order valence-electron chi connectivity index (χ2n) is 5.24. The molecule has 0 bridgehead atoms. The number of aromatic nitrogens is 1. The Balaban J connectivity index is 1.71. The number of pyridine rings is 1. The van der Waals surface area contributed by atoms with Crippen molar-refractivity contribution >= 4 is 23.2 Å². The molecule has 1 fully saturated rings. The average Bonchev–Trinajstić information content (AvgIpc) is 2.53. The molecule has 0 unspecified atom stereocenters. The fraction of sp³-hybridized carbons (Fsp3) is 0.312. The number of benzene rings is 1. The summed E-state index contributed by atoms with van der Waals surface area (Å²) in [6.45, 7) is 2.88. The van der Waals surface area contributed by atoms with Crippen molar-refractivity contribution in [3.8, 4) is 0 Å². The van der Waals surface area contributed by atoms with Crippen molar-refractivity contribution in [2.45, 2.75) is 12.6 Å². The maximum atomic E-state index is 13.3. The number of halogens is 3. The Labute approximate surface area is 138 Å². The predicted molar refractivity (Wildman–Crippen MR) is 84.6 cm³/mol. The normalized spacial score (nSPS) is 19.3. The van der Waals surface area contributed by atoms with Crippen LogP contribution in [0.25, 0.3) is 0 Å². The molecule has 116 valence electrons. The van der Waals surface area contributed by atoms with Crippen molar-refractivity contribution in [3.05, 3.63) is 63.6 Å². The third-order valence-electron chi connectivity index (χ3n) is 3.72. The number of rotatable bonds is 3. The highest BCUT2D eigenvalue weighted by Crippen LogP contribution is 2.27. The molecular weight excluding hydrogens is 326 g/mol. The van der Waals surface area contributed by atoms with Gasteiger partial charge in [-0.3, -0.25) is 9.88 Å². The van der Waals surface area contributed by atoms with Crippen LogP contribution in [0.5, 0.6) is 0 Å². The van der Waals surface area contributed by atoms with Gasteiger partial charge in [-0.25, -0.2) is 4.39 Å². The van der Waals surface area contributed by atoms with E-state index in [0.717, 1.165) is 24.2 Å². The van der Waals surface area contributed by atoms with Crippen LogP contribution in [-0.2, 0) is 11.3 Å². The lowest BCUT2D eigenvalue weighted by Gasteiger charge is -2.33. The van der Waals surface area contributed by atoms with Crippen LogP contribution in [0.2, 0.25) is 10.0 Å². The van der Waals surface area contributed by atoms with Crippen LogP contribution in [0.3, 0.4) is 0 Å². The van der Waals surface area contributed by atoms with Gasteiger partial charge in [0.15, 0.2) is 0 Å². The molecule has 1 aliphatic rings. The molecular formula is C16H15Cl2FN2O. The fourth-order valence-corrected chi connectivity index (χ4v) is 2.90. The van der Waals surface area contributed by atoms with E-state index in [4.69, 9.17) is 27.9 Å². The number of nitrogens with zero attached hydrogens (tertiary/aromatic N) is 2. The molecule has 0 aliphatic carbocycles. The van der Waals surface area contributed by atoms with Crippen LogP contribution in [0.1, 0.15) is 17.2 Å². The van der Waals surface area contributed by atoms with Crippen molar-refractivity contribution in [2.75, 3.05) is 19.7 Å². The summed E-state index contributed by atoms with van der Waals surface area (Å²) in [5, 5.41) is 0.783. The SMILES string of the molecule is Fc1ccc([C@@H]2CN(Cc3ccncc3Cl)CCO2)cc1Cl. The molecule has 0 radical (unpaired) electrons. The number of ether oxygens (including phenoxy) is 1. The van der Waals surface area contributed by atoms with Crippen LogP contribution in [0.4, 0.5) is 4.39 Å². The van der Waals surface area contributed by atoms with E-state index in [0.29, 0.717) is 18.2 Å². The molecule has 1 aromatic carbocycles. The number of morpholine rings is 1. The van der Waals surface area contributed by atoms with Gasteiger partial charge >= 0.3 is 0 Å². The van der Waals surface area contributed by atoms with E-state index in [9.17, 15) is 4.39 Å². The van der Waals surface area contributed by atoms with E-state index in [1.807, 2.05) is 6.07 Å². The van der Waals surface area contributed by atoms with E-state index >= 15 is 0 Å². The molecule has 1 atom stereocenters. The van der Waals surface area contributed by atoms with Crippen LogP contribution in [0, 0.1) is 5.82 Å². The van der Waals surface area contributed by atoms with Crippen molar-refractivity contribution < 1.29 is 9.13 Å². The second-order valence-corrected chi connectivity index (χ2v) is 6.05. The lowest BCUT2D eigenvalue weighted by molar-refractivity contribution is -0.0329. The third kappa shape index (κ3) is 3.58. The standard InChI is InChI=1S/C16H15Cl2FN2O/c17-13-7-11(1-2-15(13)19)16-10-21(5-6-22-16)9-12-3-4-20-8-14(12)18/h1-4,7-8,16H,5-6,9-10H2/t16-/m0/s1. The Bertz CT molecular complexity index is 668. The van der Waals surface area contributed by atoms with E-state index < -0.39 is 5.82 Å². The minimum absolute atomic E-state index is 0.118. The lowest BCUT2D eigenvalue weighted by atomic mass is 10.1. The van der Waals surface area contributed by atoms with Gasteiger partial charge in [-0.2, -0.15) is 0 Å². The van der Waals surface area contributed by atoms with Gasteiger partial charge in [0.05, 0.1) is 22.8 Å². The van der Waals surface area contributed by atoms with Gasteiger partial charge in [-0.05, 0) is 29.3 Å². The Hall–Kier alpha value is -1.20. The molecule has 0 N–H and O–H groups in total. The first-order valence-electron chi connectivity index (χ1n) is 7.01. The van der Waals surface area contributed by atoms with Gasteiger partial charge in [-0.15, -0.1) is 0 Å². The molecule has 0 saturated carbocycles. The highest BCUT2D eigenvalue weighted by atomic mass is 35.5. The molecule has 0 amide bonds. The van der Waals surface area contributed by atoms with Gasteiger partial charge < -0.3 is 4.74 Å². The van der Waals surface area contributed by atoms with Crippen LogP contribution in [0.15, 0.2) is 36.7 Å². The van der Waals surface area contributed by atoms with Crippen LogP contribution < -0.4 is 0 Å². The molecule has 0 spiro atoms. The largest absolute Gasteiger partial charge is 0.371 e. The minimum Gasteiger partial charge on any atom is -0.371 e. The first-order chi connectivity index (χ1) is 10.6. The fourth-order valence-electron chi connectivity index (χ4n) is 2.53. The predicted octanol–water partition coefficient (Wildman–Crippen LogP) is 4.10. The summed E-state index contributed by atoms with van der Waals surface area (Å²) >= 11 is 12.0. The van der Waals surface area contributed by atoms with Crippen LogP contribution >= 0.6 is 23.2 Å². The summed E-state index contributed by atoms with van der Waals surface area (Å²) < 4.78 is 19.1. The van der Waals surface area contributed by atoms with E-state index in [2.05, 4.69) is 9.88 Å². The van der Waals surface area contributed by atoms with Crippen molar-refractivity contribution in [3.63, 3.8) is 0 Å². The second kappa shape index (κ2) is 6.92. The molecule has 6 heteroatoms. The zero-order valence-electron chi connectivity index (χ0n) is 11.8. The lowest BCUT2D eigenvalue weighted by Crippen LogP contribution is -2.37. The quantitative estimate of drug-likeness (QED) is 0.840. The molecule has 3 nitrogen and oxygen atoms in total. The maximum Gasteiger partial charge on any atom is 0.141 e. The highest BCUT2D eigenvalue weighted by molar-refractivity contribution is 6.31. The minimum atomic E-state index is -0.415. The van der Waals surface area contributed by atoms with Gasteiger partial charge in [0, 0.05) is 32.0 Å². The Kier molecular flexibility index (Phi) is 4.93. The zero-order valence-corrected chi connectivity index (χ0v) is 13.3. The van der Waals surface area contributed by atoms with E-state index in [-0.39, 0.29) is 11.1 Å². The number of hydrogen-bond donors (Lipinski definition) is 0. The summed E-state index contributed by atoms with van der Waals surface area (Å²) in [5.74, 6) is -0.415. The summed E-state index contributed by atoms with van der Waals surface area (Å²) in [6, 6.07) is 6.64. The summed E-state index contributed by atoms with van der Waals surface area (Å²) in [6.07, 6.45) is 3.26. The Morgan fingerprint density at radius 3 is 2.91 bits per heavy atom.